The summed E-state index contributed by atoms with van der Waals surface area (Å²) in [6, 6.07) is 11.9. The first-order valence-corrected chi connectivity index (χ1v) is 8.94. The molecular weight excluding hydrogens is 328 g/mol. The zero-order valence-corrected chi connectivity index (χ0v) is 15.8. The van der Waals surface area contributed by atoms with Gasteiger partial charge in [0.1, 0.15) is 0 Å². The molecule has 2 rings (SSSR count). The SMILES string of the molecule is CCNC(=NCc1ccnn1C)NCC(=O)N(CC)Cc1ccccc1. The number of likely N-dealkylation sites (N-methyl/N-ethyl adjacent to an activating group) is 1. The van der Waals surface area contributed by atoms with E-state index in [1.54, 1.807) is 10.9 Å². The fourth-order valence-electron chi connectivity index (χ4n) is 2.51. The number of carbonyl (C=O) groups excluding carboxylic acids is 1. The van der Waals surface area contributed by atoms with Crippen LogP contribution in [0.5, 0.6) is 0 Å². The van der Waals surface area contributed by atoms with Crippen LogP contribution in [0.2, 0.25) is 0 Å². The van der Waals surface area contributed by atoms with E-state index in [2.05, 4.69) is 20.7 Å². The number of aliphatic imine (C=N–C) groups is 1. The Morgan fingerprint density at radius 1 is 1.19 bits per heavy atom. The van der Waals surface area contributed by atoms with Gasteiger partial charge in [0.05, 0.1) is 18.8 Å². The second kappa shape index (κ2) is 10.2. The van der Waals surface area contributed by atoms with Crippen molar-refractivity contribution in [3.8, 4) is 0 Å². The summed E-state index contributed by atoms with van der Waals surface area (Å²) in [6.07, 6.45) is 1.75. The van der Waals surface area contributed by atoms with E-state index in [1.165, 1.54) is 0 Å². The van der Waals surface area contributed by atoms with Crippen molar-refractivity contribution in [1.29, 1.82) is 0 Å². The molecule has 7 heteroatoms. The second-order valence-electron chi connectivity index (χ2n) is 5.89. The topological polar surface area (TPSA) is 74.5 Å². The molecule has 7 nitrogen and oxygen atoms in total. The highest BCUT2D eigenvalue weighted by Crippen LogP contribution is 2.04. The lowest BCUT2D eigenvalue weighted by Crippen LogP contribution is -2.44. The second-order valence-corrected chi connectivity index (χ2v) is 5.89. The minimum Gasteiger partial charge on any atom is -0.357 e. The van der Waals surface area contributed by atoms with Crippen molar-refractivity contribution in [3.63, 3.8) is 0 Å². The molecule has 0 radical (unpaired) electrons. The molecule has 0 spiro atoms. The third-order valence-electron chi connectivity index (χ3n) is 4.02. The summed E-state index contributed by atoms with van der Waals surface area (Å²) >= 11 is 0. The van der Waals surface area contributed by atoms with Gasteiger partial charge in [0, 0.05) is 32.9 Å². The van der Waals surface area contributed by atoms with E-state index in [-0.39, 0.29) is 12.5 Å². The molecule has 0 saturated heterocycles. The van der Waals surface area contributed by atoms with Crippen molar-refractivity contribution < 1.29 is 4.79 Å². The number of rotatable bonds is 8. The highest BCUT2D eigenvalue weighted by Gasteiger charge is 2.12. The van der Waals surface area contributed by atoms with Gasteiger partial charge in [-0.1, -0.05) is 30.3 Å². The highest BCUT2D eigenvalue weighted by atomic mass is 16.2. The lowest BCUT2D eigenvalue weighted by atomic mass is 10.2. The standard InChI is InChI=1S/C19H28N6O/c1-4-20-19(21-13-17-11-12-23-24(17)3)22-14-18(26)25(5-2)15-16-9-7-6-8-10-16/h6-12H,4-5,13-15H2,1-3H3,(H2,20,21,22). The van der Waals surface area contributed by atoms with Gasteiger partial charge in [0.25, 0.3) is 0 Å². The molecule has 2 aromatic rings. The normalized spacial score (nSPS) is 11.3. The third kappa shape index (κ3) is 5.91. The predicted molar refractivity (Wildman–Crippen MR) is 104 cm³/mol. The Labute approximate surface area is 155 Å². The summed E-state index contributed by atoms with van der Waals surface area (Å²) in [6.45, 7) is 6.70. The van der Waals surface area contributed by atoms with Crippen LogP contribution in [0.1, 0.15) is 25.1 Å². The molecule has 0 aliphatic carbocycles. The Balaban J connectivity index is 1.91. The van der Waals surface area contributed by atoms with Gasteiger partial charge >= 0.3 is 0 Å². The Morgan fingerprint density at radius 3 is 2.58 bits per heavy atom. The van der Waals surface area contributed by atoms with Crippen LogP contribution in [0.3, 0.4) is 0 Å². The average molecular weight is 356 g/mol. The largest absolute Gasteiger partial charge is 0.357 e. The molecule has 0 saturated carbocycles. The zero-order chi connectivity index (χ0) is 18.8. The van der Waals surface area contributed by atoms with Crippen molar-refractivity contribution in [1.82, 2.24) is 25.3 Å². The summed E-state index contributed by atoms with van der Waals surface area (Å²) in [5.41, 5.74) is 2.13. The first-order valence-electron chi connectivity index (χ1n) is 8.94. The van der Waals surface area contributed by atoms with Crippen LogP contribution in [0.15, 0.2) is 47.6 Å². The maximum atomic E-state index is 12.5. The number of aryl methyl sites for hydroxylation is 1. The Morgan fingerprint density at radius 2 is 1.96 bits per heavy atom. The van der Waals surface area contributed by atoms with Crippen LogP contribution >= 0.6 is 0 Å². The summed E-state index contributed by atoms with van der Waals surface area (Å²) in [5.74, 6) is 0.667. The number of amides is 1. The number of hydrogen-bond acceptors (Lipinski definition) is 3. The van der Waals surface area contributed by atoms with Gasteiger partial charge in [-0.3, -0.25) is 9.48 Å². The number of benzene rings is 1. The summed E-state index contributed by atoms with van der Waals surface area (Å²) in [4.78, 5) is 18.9. The summed E-state index contributed by atoms with van der Waals surface area (Å²) in [7, 11) is 1.89. The van der Waals surface area contributed by atoms with Crippen LogP contribution < -0.4 is 10.6 Å². The quantitative estimate of drug-likeness (QED) is 0.556. The van der Waals surface area contributed by atoms with Crippen LogP contribution in [-0.2, 0) is 24.9 Å². The molecule has 0 aliphatic heterocycles. The molecule has 26 heavy (non-hydrogen) atoms. The van der Waals surface area contributed by atoms with E-state index in [9.17, 15) is 4.79 Å². The van der Waals surface area contributed by atoms with E-state index >= 15 is 0 Å². The Hall–Kier alpha value is -2.83. The summed E-state index contributed by atoms with van der Waals surface area (Å²) < 4.78 is 1.79. The number of carbonyl (C=O) groups is 1. The van der Waals surface area contributed by atoms with E-state index in [4.69, 9.17) is 0 Å². The molecule has 1 heterocycles. The van der Waals surface area contributed by atoms with Gasteiger partial charge < -0.3 is 15.5 Å². The molecule has 0 unspecified atom stereocenters. The molecule has 1 aromatic carbocycles. The van der Waals surface area contributed by atoms with Crippen molar-refractivity contribution in [2.45, 2.75) is 26.9 Å². The van der Waals surface area contributed by atoms with Gasteiger partial charge in [-0.25, -0.2) is 4.99 Å². The number of nitrogens with one attached hydrogen (secondary N) is 2. The molecule has 1 aromatic heterocycles. The van der Waals surface area contributed by atoms with Crippen molar-refractivity contribution in [2.24, 2.45) is 12.0 Å². The molecule has 0 fully saturated rings. The highest BCUT2D eigenvalue weighted by molar-refractivity contribution is 5.86. The number of guanidine groups is 1. The molecule has 0 bridgehead atoms. The van der Waals surface area contributed by atoms with Gasteiger partial charge in [0.2, 0.25) is 5.91 Å². The van der Waals surface area contributed by atoms with E-state index in [1.807, 2.05) is 62.2 Å². The van der Waals surface area contributed by atoms with Crippen LogP contribution in [-0.4, -0.2) is 46.2 Å². The zero-order valence-electron chi connectivity index (χ0n) is 15.8. The van der Waals surface area contributed by atoms with Gasteiger partial charge in [-0.2, -0.15) is 5.10 Å². The maximum Gasteiger partial charge on any atom is 0.242 e. The Kier molecular flexibility index (Phi) is 7.67. The lowest BCUT2D eigenvalue weighted by molar-refractivity contribution is -0.130. The van der Waals surface area contributed by atoms with Crippen LogP contribution in [0, 0.1) is 0 Å². The molecular formula is C19H28N6O. The van der Waals surface area contributed by atoms with Crippen molar-refractivity contribution >= 4 is 11.9 Å². The molecule has 140 valence electrons. The van der Waals surface area contributed by atoms with E-state index in [0.29, 0.717) is 25.6 Å². The molecule has 2 N–H and O–H groups in total. The third-order valence-corrected chi connectivity index (χ3v) is 4.02. The fourth-order valence-corrected chi connectivity index (χ4v) is 2.51. The summed E-state index contributed by atoms with van der Waals surface area (Å²) in [5, 5.41) is 10.4. The molecule has 0 aliphatic rings. The van der Waals surface area contributed by atoms with Gasteiger partial charge in [0.15, 0.2) is 5.96 Å². The first-order chi connectivity index (χ1) is 12.6. The average Bonchev–Trinajstić information content (AvgIpc) is 3.07. The minimum absolute atomic E-state index is 0.0440. The smallest absolute Gasteiger partial charge is 0.242 e. The number of hydrogen-bond donors (Lipinski definition) is 2. The Bertz CT molecular complexity index is 710. The fraction of sp³-hybridized carbons (Fsp3) is 0.421. The maximum absolute atomic E-state index is 12.5. The molecule has 1 amide bonds. The van der Waals surface area contributed by atoms with Crippen LogP contribution in [0.25, 0.3) is 0 Å². The van der Waals surface area contributed by atoms with Crippen molar-refractivity contribution in [3.05, 3.63) is 53.9 Å². The number of aromatic nitrogens is 2. The van der Waals surface area contributed by atoms with Crippen LogP contribution in [0.4, 0.5) is 0 Å². The van der Waals surface area contributed by atoms with E-state index < -0.39 is 0 Å². The minimum atomic E-state index is 0.0440. The first kappa shape index (κ1) is 19.5. The predicted octanol–water partition coefficient (Wildman–Crippen LogP) is 1.52. The van der Waals surface area contributed by atoms with Crippen molar-refractivity contribution in [2.75, 3.05) is 19.6 Å². The lowest BCUT2D eigenvalue weighted by Gasteiger charge is -2.22. The van der Waals surface area contributed by atoms with E-state index in [0.717, 1.165) is 17.8 Å². The monoisotopic (exact) mass is 356 g/mol. The number of nitrogens with zero attached hydrogens (tertiary/aromatic N) is 4. The molecule has 0 atom stereocenters. The van der Waals surface area contributed by atoms with Gasteiger partial charge in [-0.05, 0) is 25.5 Å². The van der Waals surface area contributed by atoms with Gasteiger partial charge in [-0.15, -0.1) is 0 Å².